The Morgan fingerprint density at radius 2 is 1.52 bits per heavy atom. The summed E-state index contributed by atoms with van der Waals surface area (Å²) in [4.78, 5) is 31.0. The molecule has 0 spiro atoms. The van der Waals surface area contributed by atoms with Gasteiger partial charge in [-0.3, -0.25) is 20.4 Å². The minimum Gasteiger partial charge on any atom is -0.372 e. The number of anilines is 1. The average Bonchev–Trinajstić information content (AvgIpc) is 2.72. The van der Waals surface area contributed by atoms with Crippen LogP contribution in [0.3, 0.4) is 0 Å². The first-order chi connectivity index (χ1) is 13.1. The topological polar surface area (TPSA) is 74.3 Å². The molecule has 0 saturated heterocycles. The number of benzene rings is 2. The normalized spacial score (nSPS) is 10.4. The molecule has 0 unspecified atom stereocenters. The van der Waals surface area contributed by atoms with Crippen molar-refractivity contribution in [1.29, 1.82) is 0 Å². The number of rotatable bonds is 5. The molecule has 27 heavy (non-hydrogen) atoms. The predicted molar refractivity (Wildman–Crippen MR) is 107 cm³/mol. The van der Waals surface area contributed by atoms with E-state index in [0.29, 0.717) is 5.56 Å². The summed E-state index contributed by atoms with van der Waals surface area (Å²) in [6, 6.07) is 18.3. The first-order valence-electron chi connectivity index (χ1n) is 8.94. The second-order valence-electron chi connectivity index (χ2n) is 6.02. The number of nitrogens with one attached hydrogen (secondary N) is 2. The van der Waals surface area contributed by atoms with Gasteiger partial charge >= 0.3 is 0 Å². The number of hydrazine groups is 1. The number of carbonyl (C=O) groups is 2. The molecule has 3 rings (SSSR count). The van der Waals surface area contributed by atoms with E-state index in [1.165, 1.54) is 0 Å². The zero-order valence-corrected chi connectivity index (χ0v) is 15.4. The van der Waals surface area contributed by atoms with Crippen LogP contribution in [0.5, 0.6) is 0 Å². The number of fused-ring (bicyclic) bond motifs is 1. The molecule has 138 valence electrons. The second kappa shape index (κ2) is 8.31. The van der Waals surface area contributed by atoms with Crippen molar-refractivity contribution in [3.63, 3.8) is 0 Å². The summed E-state index contributed by atoms with van der Waals surface area (Å²) in [6.45, 7) is 5.97. The van der Waals surface area contributed by atoms with Gasteiger partial charge in [-0.2, -0.15) is 0 Å². The lowest BCUT2D eigenvalue weighted by Crippen LogP contribution is -2.41. The molecule has 0 radical (unpaired) electrons. The number of amides is 2. The van der Waals surface area contributed by atoms with Gasteiger partial charge in [0.25, 0.3) is 11.8 Å². The average molecular weight is 362 g/mol. The summed E-state index contributed by atoms with van der Waals surface area (Å²) in [5.41, 5.74) is 7.33. The van der Waals surface area contributed by atoms with E-state index in [0.717, 1.165) is 29.7 Å². The SMILES string of the molecule is CCN(CC)c1ccc(C(=O)NNC(=O)c2ccc3ccccc3n2)cc1. The van der Waals surface area contributed by atoms with E-state index in [-0.39, 0.29) is 11.6 Å². The third-order valence-electron chi connectivity index (χ3n) is 4.38. The molecule has 6 nitrogen and oxygen atoms in total. The van der Waals surface area contributed by atoms with Crippen molar-refractivity contribution >= 4 is 28.4 Å². The number of hydrogen-bond acceptors (Lipinski definition) is 4. The molecule has 0 saturated carbocycles. The minimum atomic E-state index is -0.464. The molecule has 2 aromatic carbocycles. The van der Waals surface area contributed by atoms with E-state index in [1.54, 1.807) is 18.2 Å². The smallest absolute Gasteiger partial charge is 0.288 e. The highest BCUT2D eigenvalue weighted by Gasteiger charge is 2.11. The zero-order chi connectivity index (χ0) is 19.2. The van der Waals surface area contributed by atoms with Gasteiger partial charge in [0, 0.05) is 29.7 Å². The van der Waals surface area contributed by atoms with E-state index < -0.39 is 5.91 Å². The first kappa shape index (κ1) is 18.4. The maximum absolute atomic E-state index is 12.3. The molecule has 0 aliphatic rings. The Morgan fingerprint density at radius 1 is 0.852 bits per heavy atom. The monoisotopic (exact) mass is 362 g/mol. The molecule has 1 aromatic heterocycles. The van der Waals surface area contributed by atoms with Crippen LogP contribution in [0.2, 0.25) is 0 Å². The lowest BCUT2D eigenvalue weighted by atomic mass is 10.2. The van der Waals surface area contributed by atoms with Crippen LogP contribution in [0.1, 0.15) is 34.7 Å². The van der Waals surface area contributed by atoms with Gasteiger partial charge in [0.15, 0.2) is 0 Å². The molecule has 0 bridgehead atoms. The molecule has 2 amide bonds. The fourth-order valence-corrected chi connectivity index (χ4v) is 2.85. The van der Waals surface area contributed by atoms with Crippen molar-refractivity contribution < 1.29 is 9.59 Å². The van der Waals surface area contributed by atoms with Gasteiger partial charge in [-0.1, -0.05) is 24.3 Å². The maximum Gasteiger partial charge on any atom is 0.288 e. The second-order valence-corrected chi connectivity index (χ2v) is 6.02. The van der Waals surface area contributed by atoms with Crippen LogP contribution in [-0.4, -0.2) is 29.9 Å². The molecule has 1 heterocycles. The van der Waals surface area contributed by atoms with E-state index in [1.807, 2.05) is 42.5 Å². The van der Waals surface area contributed by atoms with Gasteiger partial charge < -0.3 is 4.90 Å². The highest BCUT2D eigenvalue weighted by atomic mass is 16.2. The summed E-state index contributed by atoms with van der Waals surface area (Å²) >= 11 is 0. The quantitative estimate of drug-likeness (QED) is 0.684. The molecule has 6 heteroatoms. The van der Waals surface area contributed by atoms with Gasteiger partial charge in [-0.05, 0) is 50.2 Å². The summed E-state index contributed by atoms with van der Waals surface area (Å²) in [7, 11) is 0. The molecule has 0 aliphatic heterocycles. The molecule has 3 aromatic rings. The first-order valence-corrected chi connectivity index (χ1v) is 8.94. The zero-order valence-electron chi connectivity index (χ0n) is 15.4. The highest BCUT2D eigenvalue weighted by Crippen LogP contribution is 2.15. The fraction of sp³-hybridized carbons (Fsp3) is 0.190. The van der Waals surface area contributed by atoms with Gasteiger partial charge in [-0.15, -0.1) is 0 Å². The molecular formula is C21H22N4O2. The Labute approximate surface area is 158 Å². The highest BCUT2D eigenvalue weighted by molar-refractivity contribution is 5.99. The minimum absolute atomic E-state index is 0.242. The Hall–Kier alpha value is -3.41. The van der Waals surface area contributed by atoms with Gasteiger partial charge in [0.2, 0.25) is 0 Å². The number of para-hydroxylation sites is 1. The van der Waals surface area contributed by atoms with Crippen LogP contribution >= 0.6 is 0 Å². The van der Waals surface area contributed by atoms with Crippen LogP contribution in [0.25, 0.3) is 10.9 Å². The standard InChI is InChI=1S/C21H22N4O2/c1-3-25(4-2)17-12-9-16(10-13-17)20(26)23-24-21(27)19-14-11-15-7-5-6-8-18(15)22-19/h5-14H,3-4H2,1-2H3,(H,23,26)(H,24,27). The lowest BCUT2D eigenvalue weighted by Gasteiger charge is -2.21. The van der Waals surface area contributed by atoms with Crippen molar-refractivity contribution in [1.82, 2.24) is 15.8 Å². The van der Waals surface area contributed by atoms with Gasteiger partial charge in [-0.25, -0.2) is 4.98 Å². The number of pyridine rings is 1. The summed E-state index contributed by atoms with van der Waals surface area (Å²) < 4.78 is 0. The van der Waals surface area contributed by atoms with Crippen molar-refractivity contribution in [3.8, 4) is 0 Å². The Balaban J connectivity index is 1.63. The largest absolute Gasteiger partial charge is 0.372 e. The van der Waals surface area contributed by atoms with E-state index >= 15 is 0 Å². The van der Waals surface area contributed by atoms with Gasteiger partial charge in [0.05, 0.1) is 5.52 Å². The Bertz CT molecular complexity index is 950. The third-order valence-corrected chi connectivity index (χ3v) is 4.38. The molecule has 2 N–H and O–H groups in total. The summed E-state index contributed by atoms with van der Waals surface area (Å²) in [5, 5.41) is 0.950. The van der Waals surface area contributed by atoms with Crippen molar-refractivity contribution in [2.24, 2.45) is 0 Å². The Kier molecular flexibility index (Phi) is 5.66. The van der Waals surface area contributed by atoms with Gasteiger partial charge in [0.1, 0.15) is 5.69 Å². The van der Waals surface area contributed by atoms with Crippen LogP contribution in [-0.2, 0) is 0 Å². The van der Waals surface area contributed by atoms with Crippen LogP contribution < -0.4 is 15.8 Å². The van der Waals surface area contributed by atoms with Crippen molar-refractivity contribution in [2.45, 2.75) is 13.8 Å². The molecule has 0 fully saturated rings. The number of carbonyl (C=O) groups excluding carboxylic acids is 2. The maximum atomic E-state index is 12.3. The molecule has 0 aliphatic carbocycles. The summed E-state index contributed by atoms with van der Waals surface area (Å²) in [6.07, 6.45) is 0. The van der Waals surface area contributed by atoms with E-state index in [9.17, 15) is 9.59 Å². The lowest BCUT2D eigenvalue weighted by molar-refractivity contribution is 0.0844. The van der Waals surface area contributed by atoms with Crippen molar-refractivity contribution in [3.05, 3.63) is 71.9 Å². The van der Waals surface area contributed by atoms with Crippen molar-refractivity contribution in [2.75, 3.05) is 18.0 Å². The fourth-order valence-electron chi connectivity index (χ4n) is 2.85. The predicted octanol–water partition coefficient (Wildman–Crippen LogP) is 3.16. The van der Waals surface area contributed by atoms with Crippen LogP contribution in [0.4, 0.5) is 5.69 Å². The Morgan fingerprint density at radius 3 is 2.22 bits per heavy atom. The third kappa shape index (κ3) is 4.23. The molecule has 0 atom stereocenters. The summed E-state index contributed by atoms with van der Waals surface area (Å²) in [5.74, 6) is -0.843. The van der Waals surface area contributed by atoms with E-state index in [2.05, 4.69) is 34.6 Å². The van der Waals surface area contributed by atoms with Crippen LogP contribution in [0, 0.1) is 0 Å². The number of aromatic nitrogens is 1. The molecular weight excluding hydrogens is 340 g/mol. The number of hydrogen-bond donors (Lipinski definition) is 2. The van der Waals surface area contributed by atoms with Crippen LogP contribution in [0.15, 0.2) is 60.7 Å². The van der Waals surface area contributed by atoms with E-state index in [4.69, 9.17) is 0 Å². The number of nitrogens with zero attached hydrogens (tertiary/aromatic N) is 2.